The first-order valence-electron chi connectivity index (χ1n) is 4.83. The maximum absolute atomic E-state index is 5.63. The number of hydrogen-bond donors (Lipinski definition) is 0. The predicted molar refractivity (Wildman–Crippen MR) is 93.0 cm³/mol. The molecule has 0 atom stereocenters. The molecule has 8 heteroatoms. The smallest absolute Gasteiger partial charge is 0.0793 e. The van der Waals surface area contributed by atoms with Gasteiger partial charge >= 0.3 is 0 Å². The number of benzene rings is 2. The van der Waals surface area contributed by atoms with E-state index in [-0.39, 0.29) is 0 Å². The fraction of sp³-hybridized carbons (Fsp3) is 0. The zero-order chi connectivity index (χ0) is 15.4. The zero-order valence-corrected chi connectivity index (χ0v) is 15.4. The Hall–Kier alpha value is 0.760. The van der Waals surface area contributed by atoms with Crippen LogP contribution in [-0.4, -0.2) is 0 Å². The molecule has 108 valence electrons. The molecule has 2 aromatic rings. The monoisotopic (exact) mass is 428 g/mol. The van der Waals surface area contributed by atoms with Gasteiger partial charge in [0.25, 0.3) is 0 Å². The van der Waals surface area contributed by atoms with Crippen LogP contribution in [0.5, 0.6) is 0 Å². The molecule has 0 fully saturated rings. The van der Waals surface area contributed by atoms with Gasteiger partial charge in [-0.15, -0.1) is 0 Å². The van der Waals surface area contributed by atoms with E-state index in [0.717, 1.165) is 0 Å². The van der Waals surface area contributed by atoms with Crippen LogP contribution >= 0.6 is 92.8 Å². The van der Waals surface area contributed by atoms with Crippen LogP contribution in [0.3, 0.4) is 0 Å². The molecule has 0 aromatic heterocycles. The molecule has 0 radical (unpaired) electrons. The van der Waals surface area contributed by atoms with Gasteiger partial charge in [-0.3, -0.25) is 0 Å². The Morgan fingerprint density at radius 1 is 0.450 bits per heavy atom. The highest BCUT2D eigenvalue weighted by Gasteiger charge is 2.05. The summed E-state index contributed by atoms with van der Waals surface area (Å²) in [4.78, 5) is 0. The van der Waals surface area contributed by atoms with Crippen LogP contribution in [0.2, 0.25) is 40.2 Å². The van der Waals surface area contributed by atoms with Gasteiger partial charge in [0.15, 0.2) is 0 Å². The SMILES string of the molecule is Clc1cc(Cl)c(Cl)c(Cl)c1.Clc1ccc(Cl)c(Cl)c1Cl. The van der Waals surface area contributed by atoms with E-state index in [1.807, 2.05) is 0 Å². The Kier molecular flexibility index (Phi) is 7.91. The highest BCUT2D eigenvalue weighted by atomic mass is 35.5. The second-order valence-electron chi connectivity index (χ2n) is 3.34. The molecule has 2 aromatic carbocycles. The third-order valence-electron chi connectivity index (χ3n) is 1.94. The largest absolute Gasteiger partial charge is 0.0842 e. The average Bonchev–Trinajstić information content (AvgIpc) is 2.39. The van der Waals surface area contributed by atoms with Crippen molar-refractivity contribution in [3.63, 3.8) is 0 Å². The van der Waals surface area contributed by atoms with Crippen LogP contribution in [-0.2, 0) is 0 Å². The second-order valence-corrected chi connectivity index (χ2v) is 6.54. The molecule has 0 bridgehead atoms. The molecule has 2 rings (SSSR count). The summed E-state index contributed by atoms with van der Waals surface area (Å²) in [7, 11) is 0. The number of halogens is 8. The summed E-state index contributed by atoms with van der Waals surface area (Å²) in [6.07, 6.45) is 0. The molecule has 0 aliphatic rings. The molecule has 0 N–H and O–H groups in total. The first-order valence-corrected chi connectivity index (χ1v) is 7.85. The van der Waals surface area contributed by atoms with Crippen molar-refractivity contribution in [1.82, 2.24) is 0 Å². The summed E-state index contributed by atoms with van der Waals surface area (Å²) in [5, 5.41) is 3.00. The lowest BCUT2D eigenvalue weighted by molar-refractivity contribution is 1.70. The van der Waals surface area contributed by atoms with E-state index < -0.39 is 0 Å². The zero-order valence-electron chi connectivity index (χ0n) is 9.33. The fourth-order valence-electron chi connectivity index (χ4n) is 1.03. The molecule has 20 heavy (non-hydrogen) atoms. The maximum atomic E-state index is 5.63. The minimum Gasteiger partial charge on any atom is -0.0842 e. The van der Waals surface area contributed by atoms with Crippen molar-refractivity contribution < 1.29 is 0 Å². The van der Waals surface area contributed by atoms with Gasteiger partial charge < -0.3 is 0 Å². The molecule has 0 nitrogen and oxygen atoms in total. The first-order chi connectivity index (χ1) is 9.23. The molecular weight excluding hydrogens is 428 g/mol. The number of rotatable bonds is 0. The van der Waals surface area contributed by atoms with E-state index in [4.69, 9.17) is 92.8 Å². The highest BCUT2D eigenvalue weighted by Crippen LogP contribution is 2.35. The van der Waals surface area contributed by atoms with E-state index in [9.17, 15) is 0 Å². The quantitative estimate of drug-likeness (QED) is 0.289. The minimum atomic E-state index is 0.302. The van der Waals surface area contributed by atoms with Crippen LogP contribution in [0.15, 0.2) is 24.3 Å². The van der Waals surface area contributed by atoms with Crippen molar-refractivity contribution >= 4 is 92.8 Å². The predicted octanol–water partition coefficient (Wildman–Crippen LogP) is 8.60. The van der Waals surface area contributed by atoms with E-state index in [1.54, 1.807) is 12.1 Å². The van der Waals surface area contributed by atoms with E-state index in [1.165, 1.54) is 12.1 Å². The van der Waals surface area contributed by atoms with E-state index in [2.05, 4.69) is 0 Å². The molecule has 0 saturated heterocycles. The molecule has 0 saturated carbocycles. The van der Waals surface area contributed by atoms with Crippen LogP contribution in [0.25, 0.3) is 0 Å². The summed E-state index contributed by atoms with van der Waals surface area (Å²) in [5.41, 5.74) is 0. The van der Waals surface area contributed by atoms with Crippen molar-refractivity contribution in [1.29, 1.82) is 0 Å². The Balaban J connectivity index is 0.000000200. The number of hydrogen-bond acceptors (Lipinski definition) is 0. The summed E-state index contributed by atoms with van der Waals surface area (Å²) < 4.78 is 0. The van der Waals surface area contributed by atoms with E-state index >= 15 is 0 Å². The van der Waals surface area contributed by atoms with Crippen LogP contribution in [0.4, 0.5) is 0 Å². The molecule has 0 amide bonds. The first kappa shape index (κ1) is 18.8. The Morgan fingerprint density at radius 3 is 1.15 bits per heavy atom. The fourth-order valence-corrected chi connectivity index (χ4v) is 2.69. The third-order valence-corrected chi connectivity index (χ3v) is 5.06. The molecule has 0 aliphatic heterocycles. The lowest BCUT2D eigenvalue weighted by Gasteiger charge is -1.98. The lowest BCUT2D eigenvalue weighted by atomic mass is 10.4. The van der Waals surface area contributed by atoms with E-state index in [0.29, 0.717) is 40.2 Å². The van der Waals surface area contributed by atoms with Crippen molar-refractivity contribution in [2.75, 3.05) is 0 Å². The third kappa shape index (κ3) is 5.19. The summed E-state index contributed by atoms with van der Waals surface area (Å²) in [6.45, 7) is 0. The van der Waals surface area contributed by atoms with Crippen molar-refractivity contribution in [3.8, 4) is 0 Å². The molecule has 0 unspecified atom stereocenters. The standard InChI is InChI=1S/2C6H2Cl4/c7-3-1-4(8)6(10)5(9)2-3;7-3-1-2-4(8)6(10)5(3)9/h2*1-2H. The van der Waals surface area contributed by atoms with Crippen LogP contribution in [0.1, 0.15) is 0 Å². The Bertz CT molecular complexity index is 573. The average molecular weight is 432 g/mol. The Morgan fingerprint density at radius 2 is 0.800 bits per heavy atom. The summed E-state index contributed by atoms with van der Waals surface area (Å²) in [6, 6.07) is 6.27. The van der Waals surface area contributed by atoms with Crippen molar-refractivity contribution in [2.45, 2.75) is 0 Å². The van der Waals surface area contributed by atoms with Gasteiger partial charge in [0.1, 0.15) is 0 Å². The molecular formula is C12H4Cl8. The normalized spacial score (nSPS) is 10.0. The van der Waals surface area contributed by atoms with Gasteiger partial charge in [-0.1, -0.05) is 92.8 Å². The lowest BCUT2D eigenvalue weighted by Crippen LogP contribution is -1.71. The van der Waals surface area contributed by atoms with Gasteiger partial charge in [-0.25, -0.2) is 0 Å². The van der Waals surface area contributed by atoms with Gasteiger partial charge in [0.2, 0.25) is 0 Å². The van der Waals surface area contributed by atoms with Crippen molar-refractivity contribution in [3.05, 3.63) is 64.4 Å². The van der Waals surface area contributed by atoms with Crippen LogP contribution in [0, 0.1) is 0 Å². The Labute approximate surface area is 156 Å². The van der Waals surface area contributed by atoms with Gasteiger partial charge in [0, 0.05) is 5.02 Å². The van der Waals surface area contributed by atoms with Crippen LogP contribution < -0.4 is 0 Å². The van der Waals surface area contributed by atoms with Crippen molar-refractivity contribution in [2.24, 2.45) is 0 Å². The van der Waals surface area contributed by atoms with Gasteiger partial charge in [-0.05, 0) is 24.3 Å². The minimum absolute atomic E-state index is 0.302. The van der Waals surface area contributed by atoms with Gasteiger partial charge in [0.05, 0.1) is 35.2 Å². The topological polar surface area (TPSA) is 0 Å². The maximum Gasteiger partial charge on any atom is 0.0793 e. The summed E-state index contributed by atoms with van der Waals surface area (Å²) in [5.74, 6) is 0. The molecule has 0 aliphatic carbocycles. The van der Waals surface area contributed by atoms with Gasteiger partial charge in [-0.2, -0.15) is 0 Å². The summed E-state index contributed by atoms with van der Waals surface area (Å²) >= 11 is 44.9. The second kappa shape index (κ2) is 8.41. The molecule has 0 spiro atoms. The highest BCUT2D eigenvalue weighted by molar-refractivity contribution is 6.51. The molecule has 0 heterocycles.